The average molecular weight is 258 g/mol. The Balaban J connectivity index is 2.86. The van der Waals surface area contributed by atoms with E-state index in [1.165, 1.54) is 17.4 Å². The van der Waals surface area contributed by atoms with Crippen molar-refractivity contribution >= 4 is 43.0 Å². The summed E-state index contributed by atoms with van der Waals surface area (Å²) in [5.41, 5.74) is 0.174. The third-order valence-electron chi connectivity index (χ3n) is 1.74. The van der Waals surface area contributed by atoms with Crippen molar-refractivity contribution in [1.82, 2.24) is 0 Å². The first-order valence-electron chi connectivity index (χ1n) is 3.50. The van der Waals surface area contributed by atoms with Gasteiger partial charge in [0.15, 0.2) is 0 Å². The van der Waals surface area contributed by atoms with E-state index in [-0.39, 0.29) is 10.6 Å². The second-order valence-corrected chi connectivity index (χ2v) is 4.26. The Hall–Kier alpha value is -0.940. The van der Waals surface area contributed by atoms with E-state index >= 15 is 0 Å². The van der Waals surface area contributed by atoms with Crippen molar-refractivity contribution in [3.05, 3.63) is 38.2 Å². The summed E-state index contributed by atoms with van der Waals surface area (Å²) in [4.78, 5) is 10.3. The van der Waals surface area contributed by atoms with Crippen LogP contribution < -0.4 is 0 Å². The van der Waals surface area contributed by atoms with Crippen molar-refractivity contribution in [2.45, 2.75) is 0 Å². The number of hydrogen-bond donors (Lipinski definition) is 0. The summed E-state index contributed by atoms with van der Waals surface area (Å²) in [5.74, 6) is 0. The lowest BCUT2D eigenvalue weighted by Crippen LogP contribution is -1.87. The monoisotopic (exact) mass is 257 g/mol. The number of non-ortho nitro benzene ring substituents is 1. The minimum Gasteiger partial charge on any atom is -0.258 e. The molecule has 0 bridgehead atoms. The molecule has 2 aromatic rings. The Morgan fingerprint density at radius 3 is 2.85 bits per heavy atom. The summed E-state index contributed by atoms with van der Waals surface area (Å²) in [6.07, 6.45) is 0. The van der Waals surface area contributed by atoms with Gasteiger partial charge in [-0.05, 0) is 17.5 Å². The molecule has 0 saturated carbocycles. The molecule has 2 rings (SSSR count). The highest BCUT2D eigenvalue weighted by atomic mass is 79.9. The van der Waals surface area contributed by atoms with Gasteiger partial charge in [-0.2, -0.15) is 0 Å². The second-order valence-electron chi connectivity index (χ2n) is 2.49. The minimum absolute atomic E-state index is 0.174. The van der Waals surface area contributed by atoms with Gasteiger partial charge in [-0.1, -0.05) is 15.9 Å². The number of fused-ring (bicyclic) bond motifs is 1. The zero-order valence-corrected chi connectivity index (χ0v) is 8.76. The molecule has 1 aromatic carbocycles. The number of rotatable bonds is 1. The van der Waals surface area contributed by atoms with Crippen molar-refractivity contribution in [3.63, 3.8) is 0 Å². The number of thiophene rings is 1. The normalized spacial score (nSPS) is 10.5. The highest BCUT2D eigenvalue weighted by Crippen LogP contribution is 2.35. The molecule has 5 heteroatoms. The van der Waals surface area contributed by atoms with E-state index in [1.807, 2.05) is 11.4 Å². The molecule has 0 aliphatic carbocycles. The van der Waals surface area contributed by atoms with Gasteiger partial charge in [0.05, 0.1) is 4.92 Å². The van der Waals surface area contributed by atoms with Crippen molar-refractivity contribution < 1.29 is 4.92 Å². The Kier molecular flexibility index (Phi) is 2.05. The van der Waals surface area contributed by atoms with Crippen LogP contribution in [0, 0.1) is 10.1 Å². The van der Waals surface area contributed by atoms with E-state index in [4.69, 9.17) is 0 Å². The highest BCUT2D eigenvalue weighted by Gasteiger charge is 2.13. The first-order valence-corrected chi connectivity index (χ1v) is 5.17. The molecule has 1 heterocycles. The van der Waals surface area contributed by atoms with E-state index in [9.17, 15) is 10.1 Å². The van der Waals surface area contributed by atoms with Gasteiger partial charge in [0.2, 0.25) is 0 Å². The fourth-order valence-electron chi connectivity index (χ4n) is 1.16. The molecule has 0 fully saturated rings. The summed E-state index contributed by atoms with van der Waals surface area (Å²) in [5, 5.41) is 13.4. The van der Waals surface area contributed by atoms with E-state index in [2.05, 4.69) is 15.9 Å². The molecule has 0 aliphatic rings. The molecule has 0 saturated heterocycles. The molecule has 0 spiro atoms. The van der Waals surface area contributed by atoms with Crippen LogP contribution in [0.4, 0.5) is 5.69 Å². The maximum Gasteiger partial charge on any atom is 0.287 e. The first kappa shape index (κ1) is 8.65. The second kappa shape index (κ2) is 3.08. The highest BCUT2D eigenvalue weighted by molar-refractivity contribution is 9.10. The number of benzene rings is 1. The lowest BCUT2D eigenvalue weighted by Gasteiger charge is -1.95. The molecule has 66 valence electrons. The van der Waals surface area contributed by atoms with Gasteiger partial charge in [0.1, 0.15) is 4.70 Å². The molecule has 0 unspecified atom stereocenters. The van der Waals surface area contributed by atoms with Gasteiger partial charge in [0, 0.05) is 15.9 Å². The summed E-state index contributed by atoms with van der Waals surface area (Å²) < 4.78 is 1.62. The maximum absolute atomic E-state index is 10.6. The smallest absolute Gasteiger partial charge is 0.258 e. The zero-order valence-electron chi connectivity index (χ0n) is 6.36. The van der Waals surface area contributed by atoms with E-state index in [0.717, 1.165) is 14.6 Å². The molecule has 0 aliphatic heterocycles. The Bertz CT molecular complexity index is 480. The third kappa shape index (κ3) is 1.34. The molecule has 0 atom stereocenters. The molecule has 3 nitrogen and oxygen atoms in total. The van der Waals surface area contributed by atoms with Crippen LogP contribution >= 0.6 is 27.3 Å². The predicted octanol–water partition coefficient (Wildman–Crippen LogP) is 3.57. The molecule has 1 aromatic heterocycles. The summed E-state index contributed by atoms with van der Waals surface area (Å²) in [6.45, 7) is 0. The van der Waals surface area contributed by atoms with Crippen molar-refractivity contribution in [1.29, 1.82) is 0 Å². The van der Waals surface area contributed by atoms with E-state index in [1.54, 1.807) is 6.07 Å². The van der Waals surface area contributed by atoms with Gasteiger partial charge < -0.3 is 0 Å². The number of nitrogens with zero attached hydrogens (tertiary/aromatic N) is 1. The van der Waals surface area contributed by atoms with Crippen molar-refractivity contribution in [2.75, 3.05) is 0 Å². The van der Waals surface area contributed by atoms with Gasteiger partial charge in [-0.25, -0.2) is 0 Å². The van der Waals surface area contributed by atoms with E-state index in [0.29, 0.717) is 0 Å². The van der Waals surface area contributed by atoms with Gasteiger partial charge >= 0.3 is 0 Å². The van der Waals surface area contributed by atoms with Crippen molar-refractivity contribution in [2.24, 2.45) is 0 Å². The maximum atomic E-state index is 10.6. The molecule has 0 amide bonds. The SMILES string of the molecule is O=[N+]([O-])c1ccc(Br)c2ccsc12. The van der Waals surface area contributed by atoms with Gasteiger partial charge in [-0.3, -0.25) is 10.1 Å². The van der Waals surface area contributed by atoms with Crippen molar-refractivity contribution in [3.8, 4) is 0 Å². The Morgan fingerprint density at radius 1 is 1.38 bits per heavy atom. The summed E-state index contributed by atoms with van der Waals surface area (Å²) >= 11 is 4.73. The third-order valence-corrected chi connectivity index (χ3v) is 3.37. The topological polar surface area (TPSA) is 43.1 Å². The van der Waals surface area contributed by atoms with Gasteiger partial charge in [0.25, 0.3) is 5.69 Å². The van der Waals surface area contributed by atoms with Crippen LogP contribution in [0.15, 0.2) is 28.1 Å². The number of nitro benzene ring substituents is 1. The first-order chi connectivity index (χ1) is 6.20. The summed E-state index contributed by atoms with van der Waals surface area (Å²) in [7, 11) is 0. The molecule has 13 heavy (non-hydrogen) atoms. The predicted molar refractivity (Wildman–Crippen MR) is 56.2 cm³/mol. The molecule has 0 radical (unpaired) electrons. The lowest BCUT2D eigenvalue weighted by molar-refractivity contribution is -0.382. The number of nitro groups is 1. The van der Waals surface area contributed by atoms with Crippen LogP contribution in [0.2, 0.25) is 0 Å². The fourth-order valence-corrected chi connectivity index (χ4v) is 2.66. The lowest BCUT2D eigenvalue weighted by atomic mass is 10.2. The van der Waals surface area contributed by atoms with Crippen LogP contribution in [-0.4, -0.2) is 4.92 Å². The summed E-state index contributed by atoms with van der Waals surface area (Å²) in [6, 6.07) is 5.09. The van der Waals surface area contributed by atoms with Crippen LogP contribution in [-0.2, 0) is 0 Å². The van der Waals surface area contributed by atoms with Crippen LogP contribution in [0.25, 0.3) is 10.1 Å². The van der Waals surface area contributed by atoms with Crippen LogP contribution in [0.3, 0.4) is 0 Å². The molecular formula is C8H4BrNO2S. The van der Waals surface area contributed by atoms with Crippen LogP contribution in [0.1, 0.15) is 0 Å². The van der Waals surface area contributed by atoms with Crippen LogP contribution in [0.5, 0.6) is 0 Å². The quantitative estimate of drug-likeness (QED) is 0.579. The zero-order chi connectivity index (χ0) is 9.42. The van der Waals surface area contributed by atoms with Gasteiger partial charge in [-0.15, -0.1) is 11.3 Å². The fraction of sp³-hybridized carbons (Fsp3) is 0. The largest absolute Gasteiger partial charge is 0.287 e. The molecular weight excluding hydrogens is 254 g/mol. The van der Waals surface area contributed by atoms with E-state index < -0.39 is 0 Å². The Morgan fingerprint density at radius 2 is 2.15 bits per heavy atom. The molecule has 0 N–H and O–H groups in total. The minimum atomic E-state index is -0.356. The average Bonchev–Trinajstić information content (AvgIpc) is 2.53. The number of halogens is 1. The Labute approximate surface area is 86.3 Å². The standard InChI is InChI=1S/C8H4BrNO2S/c9-6-1-2-7(10(11)12)8-5(6)3-4-13-8/h1-4H. The number of hydrogen-bond acceptors (Lipinski definition) is 3.